The van der Waals surface area contributed by atoms with E-state index >= 15 is 0 Å². The number of thiophene rings is 1. The fourth-order valence-corrected chi connectivity index (χ4v) is 3.71. The number of carbonyl (C=O) groups is 1. The second kappa shape index (κ2) is 7.88. The molecule has 0 aliphatic rings. The number of carbonyl (C=O) groups excluding carboxylic acids is 1. The summed E-state index contributed by atoms with van der Waals surface area (Å²) in [5, 5.41) is 11.2. The molecule has 0 radical (unpaired) electrons. The normalized spacial score (nSPS) is 10.8. The Morgan fingerprint density at radius 2 is 2.23 bits per heavy atom. The Balaban J connectivity index is 1.44. The van der Waals surface area contributed by atoms with Crippen LogP contribution < -0.4 is 10.1 Å². The monoisotopic (exact) mass is 428 g/mol. The lowest BCUT2D eigenvalue weighted by atomic mass is 10.2. The average Bonchev–Trinajstić information content (AvgIpc) is 3.53. The molecule has 31 heavy (non-hydrogen) atoms. The zero-order valence-electron chi connectivity index (χ0n) is 16.1. The lowest BCUT2D eigenvalue weighted by Gasteiger charge is -2.07. The van der Waals surface area contributed by atoms with Gasteiger partial charge in [0.1, 0.15) is 11.3 Å². The fourth-order valence-electron chi connectivity index (χ4n) is 3.09. The fraction of sp³-hybridized carbons (Fsp3) is 0. The highest BCUT2D eigenvalue weighted by molar-refractivity contribution is 7.08. The largest absolute Gasteiger partial charge is 0.437 e. The van der Waals surface area contributed by atoms with Gasteiger partial charge in [0.15, 0.2) is 5.65 Å². The van der Waals surface area contributed by atoms with Crippen LogP contribution in [0.2, 0.25) is 0 Å². The quantitative estimate of drug-likeness (QED) is 0.379. The number of nitrogens with one attached hydrogen (secondary N) is 2. The van der Waals surface area contributed by atoms with E-state index in [1.807, 2.05) is 33.9 Å². The molecule has 0 aliphatic heterocycles. The van der Waals surface area contributed by atoms with Crippen molar-refractivity contribution in [2.75, 3.05) is 5.32 Å². The van der Waals surface area contributed by atoms with Crippen molar-refractivity contribution in [1.29, 1.82) is 0 Å². The minimum Gasteiger partial charge on any atom is -0.437 e. The number of aromatic amines is 1. The summed E-state index contributed by atoms with van der Waals surface area (Å²) in [7, 11) is 0. The van der Waals surface area contributed by atoms with Crippen molar-refractivity contribution < 1.29 is 9.53 Å². The number of nitrogens with zero attached hydrogens (tertiary/aromatic N) is 4. The van der Waals surface area contributed by atoms with Crippen LogP contribution in [0.25, 0.3) is 28.0 Å². The van der Waals surface area contributed by atoms with Crippen molar-refractivity contribution in [3.8, 4) is 28.4 Å². The highest BCUT2D eigenvalue weighted by atomic mass is 32.1. The molecule has 0 aliphatic carbocycles. The summed E-state index contributed by atoms with van der Waals surface area (Å²) in [6.45, 7) is 3.45. The minimum absolute atomic E-state index is 0.293. The van der Waals surface area contributed by atoms with Crippen LogP contribution in [0.4, 0.5) is 5.69 Å². The van der Waals surface area contributed by atoms with Crippen molar-refractivity contribution in [2.24, 2.45) is 0 Å². The lowest BCUT2D eigenvalue weighted by Crippen LogP contribution is -2.07. The zero-order chi connectivity index (χ0) is 21.2. The highest BCUT2D eigenvalue weighted by Gasteiger charge is 2.13. The molecule has 9 heteroatoms. The van der Waals surface area contributed by atoms with Crippen LogP contribution in [-0.2, 0) is 4.79 Å². The van der Waals surface area contributed by atoms with Crippen LogP contribution in [0.3, 0.4) is 0 Å². The molecule has 4 aromatic heterocycles. The van der Waals surface area contributed by atoms with E-state index in [1.165, 1.54) is 6.08 Å². The second-order valence-corrected chi connectivity index (χ2v) is 7.37. The number of hydrogen-bond donors (Lipinski definition) is 2. The molecular formula is C22H16N6O2S. The maximum Gasteiger partial charge on any atom is 0.247 e. The van der Waals surface area contributed by atoms with Gasteiger partial charge in [-0.15, -0.1) is 0 Å². The zero-order valence-corrected chi connectivity index (χ0v) is 17.0. The van der Waals surface area contributed by atoms with Gasteiger partial charge < -0.3 is 15.0 Å². The van der Waals surface area contributed by atoms with Gasteiger partial charge in [-0.3, -0.25) is 4.79 Å². The molecular weight excluding hydrogens is 412 g/mol. The van der Waals surface area contributed by atoms with E-state index in [0.717, 1.165) is 16.8 Å². The standard InChI is InChI=1S/C22H16N6O2S/c1-2-19(29)26-15-4-3-5-17(8-15)30-20-11-24-22-21(27-20)18(10-23-22)14-9-25-28(12-14)16-6-7-31-13-16/h2-13H,1H2,(H,23,24)(H,26,29). The predicted octanol–water partition coefficient (Wildman–Crippen LogP) is 4.79. The number of hydrogen-bond acceptors (Lipinski definition) is 6. The Hall–Kier alpha value is -4.24. The Morgan fingerprint density at radius 3 is 3.06 bits per heavy atom. The van der Waals surface area contributed by atoms with Gasteiger partial charge in [0.05, 0.1) is 18.1 Å². The molecule has 0 fully saturated rings. The van der Waals surface area contributed by atoms with Crippen LogP contribution in [0, 0.1) is 0 Å². The SMILES string of the molecule is C=CC(=O)Nc1cccc(Oc2cnc3[nH]cc(-c4cnn(-c5ccsc5)c4)c3n2)c1. The van der Waals surface area contributed by atoms with Crippen molar-refractivity contribution in [1.82, 2.24) is 24.7 Å². The minimum atomic E-state index is -0.293. The Kier molecular flexibility index (Phi) is 4.77. The maximum atomic E-state index is 11.5. The summed E-state index contributed by atoms with van der Waals surface area (Å²) in [5.74, 6) is 0.571. The van der Waals surface area contributed by atoms with E-state index in [2.05, 4.69) is 31.9 Å². The number of ether oxygens (including phenoxy) is 1. The van der Waals surface area contributed by atoms with E-state index in [9.17, 15) is 4.79 Å². The molecule has 4 heterocycles. The molecule has 0 saturated carbocycles. The van der Waals surface area contributed by atoms with E-state index in [-0.39, 0.29) is 5.91 Å². The van der Waals surface area contributed by atoms with Gasteiger partial charge in [0.25, 0.3) is 0 Å². The molecule has 5 rings (SSSR count). The van der Waals surface area contributed by atoms with Crippen LogP contribution in [0.1, 0.15) is 0 Å². The summed E-state index contributed by atoms with van der Waals surface area (Å²) < 4.78 is 7.70. The molecule has 0 bridgehead atoms. The number of amides is 1. The van der Waals surface area contributed by atoms with Crippen molar-refractivity contribution in [3.63, 3.8) is 0 Å². The lowest BCUT2D eigenvalue weighted by molar-refractivity contribution is -0.111. The van der Waals surface area contributed by atoms with E-state index in [4.69, 9.17) is 4.74 Å². The number of aromatic nitrogens is 5. The predicted molar refractivity (Wildman–Crippen MR) is 120 cm³/mol. The first-order valence-electron chi connectivity index (χ1n) is 9.33. The summed E-state index contributed by atoms with van der Waals surface area (Å²) in [6, 6.07) is 9.03. The Labute approximate surface area is 180 Å². The van der Waals surface area contributed by atoms with Crippen LogP contribution in [0.15, 0.2) is 78.5 Å². The summed E-state index contributed by atoms with van der Waals surface area (Å²) in [4.78, 5) is 23.7. The van der Waals surface area contributed by atoms with Gasteiger partial charge in [-0.2, -0.15) is 16.4 Å². The molecule has 8 nitrogen and oxygen atoms in total. The molecule has 0 unspecified atom stereocenters. The van der Waals surface area contributed by atoms with Crippen LogP contribution in [0.5, 0.6) is 11.6 Å². The van der Waals surface area contributed by atoms with Crippen LogP contribution in [-0.4, -0.2) is 30.6 Å². The highest BCUT2D eigenvalue weighted by Crippen LogP contribution is 2.30. The third-order valence-corrected chi connectivity index (χ3v) is 5.20. The van der Waals surface area contributed by atoms with E-state index in [0.29, 0.717) is 28.5 Å². The number of benzene rings is 1. The number of rotatable bonds is 6. The average molecular weight is 428 g/mol. The Morgan fingerprint density at radius 1 is 1.29 bits per heavy atom. The van der Waals surface area contributed by atoms with Crippen molar-refractivity contribution in [2.45, 2.75) is 0 Å². The molecule has 152 valence electrons. The van der Waals surface area contributed by atoms with Gasteiger partial charge in [-0.25, -0.2) is 14.6 Å². The van der Waals surface area contributed by atoms with Gasteiger partial charge >= 0.3 is 0 Å². The van der Waals surface area contributed by atoms with Crippen molar-refractivity contribution in [3.05, 3.63) is 78.5 Å². The number of fused-ring (bicyclic) bond motifs is 1. The third kappa shape index (κ3) is 3.81. The van der Waals surface area contributed by atoms with E-state index < -0.39 is 0 Å². The number of anilines is 1. The van der Waals surface area contributed by atoms with Gasteiger partial charge in [-0.1, -0.05) is 12.6 Å². The third-order valence-electron chi connectivity index (χ3n) is 4.53. The molecule has 1 aromatic carbocycles. The molecule has 0 saturated heterocycles. The number of H-pyrrole nitrogens is 1. The smallest absolute Gasteiger partial charge is 0.247 e. The van der Waals surface area contributed by atoms with Crippen LogP contribution >= 0.6 is 11.3 Å². The van der Waals surface area contributed by atoms with Gasteiger partial charge in [-0.05, 0) is 29.7 Å². The second-order valence-electron chi connectivity index (χ2n) is 6.59. The van der Waals surface area contributed by atoms with Gasteiger partial charge in [0.2, 0.25) is 11.8 Å². The molecule has 1 amide bonds. The molecule has 5 aromatic rings. The maximum absolute atomic E-state index is 11.5. The molecule has 0 spiro atoms. The molecule has 0 atom stereocenters. The molecule has 2 N–H and O–H groups in total. The topological polar surface area (TPSA) is 97.7 Å². The first kappa shape index (κ1) is 18.8. The Bertz CT molecular complexity index is 1390. The first-order valence-corrected chi connectivity index (χ1v) is 10.3. The summed E-state index contributed by atoms with van der Waals surface area (Å²) in [6.07, 6.45) is 8.36. The summed E-state index contributed by atoms with van der Waals surface area (Å²) >= 11 is 1.62. The summed E-state index contributed by atoms with van der Waals surface area (Å²) in [5.41, 5.74) is 4.73. The first-order chi connectivity index (χ1) is 15.2. The van der Waals surface area contributed by atoms with Gasteiger partial charge in [0, 0.05) is 40.7 Å². The van der Waals surface area contributed by atoms with Crippen molar-refractivity contribution >= 4 is 34.1 Å². The van der Waals surface area contributed by atoms with E-state index in [1.54, 1.807) is 48.0 Å².